The van der Waals surface area contributed by atoms with Gasteiger partial charge in [0.15, 0.2) is 17.5 Å². The van der Waals surface area contributed by atoms with Gasteiger partial charge in [0.2, 0.25) is 0 Å². The minimum Gasteiger partial charge on any atom is -0.215 e. The summed E-state index contributed by atoms with van der Waals surface area (Å²) >= 11 is 0. The fourth-order valence-corrected chi connectivity index (χ4v) is 5.38. The number of rotatable bonds is 1. The van der Waals surface area contributed by atoms with Crippen molar-refractivity contribution in [2.75, 3.05) is 0 Å². The van der Waals surface area contributed by atoms with E-state index in [2.05, 4.69) is 10.2 Å². The van der Waals surface area contributed by atoms with E-state index in [9.17, 15) is 0 Å². The Morgan fingerprint density at radius 3 is 1.82 bits per heavy atom. The van der Waals surface area contributed by atoms with Crippen molar-refractivity contribution in [3.05, 3.63) is 78.1 Å². The fourth-order valence-electron chi connectivity index (χ4n) is 5.38. The van der Waals surface area contributed by atoms with Crippen LogP contribution in [-0.2, 0) is 0 Å². The number of benzene rings is 3. The summed E-state index contributed by atoms with van der Waals surface area (Å²) in [6, 6.07) is 20.6. The Labute approximate surface area is 198 Å². The third kappa shape index (κ3) is 2.01. The van der Waals surface area contributed by atoms with E-state index < -0.39 is 13.7 Å². The molecule has 0 fully saturated rings. The average molecular weight is 430 g/mol. The second-order valence-corrected chi connectivity index (χ2v) is 8.41. The summed E-state index contributed by atoms with van der Waals surface area (Å²) in [5.74, 6) is 1.31. The third-order valence-corrected chi connectivity index (χ3v) is 6.72. The molecule has 5 heterocycles. The van der Waals surface area contributed by atoms with Crippen molar-refractivity contribution in [2.45, 2.75) is 13.7 Å². The van der Waals surface area contributed by atoms with Crippen LogP contribution in [0.25, 0.3) is 44.8 Å². The van der Waals surface area contributed by atoms with Gasteiger partial charge in [0, 0.05) is 30.0 Å². The molecule has 0 spiro atoms. The number of hydrogen-bond donors (Lipinski definition) is 0. The van der Waals surface area contributed by atoms with Crippen LogP contribution in [0.4, 0.5) is 0 Å². The van der Waals surface area contributed by atoms with Crippen molar-refractivity contribution in [1.29, 1.82) is 0 Å². The molecule has 0 saturated carbocycles. The zero-order valence-corrected chi connectivity index (χ0v) is 17.1. The second kappa shape index (κ2) is 5.75. The molecule has 6 aromatic rings. The van der Waals surface area contributed by atoms with E-state index in [1.807, 2.05) is 54.6 Å². The molecule has 33 heavy (non-hydrogen) atoms. The summed E-state index contributed by atoms with van der Waals surface area (Å²) in [5, 5.41) is 10.3. The molecule has 0 unspecified atom stereocenters. The molecule has 3 aromatic heterocycles. The van der Waals surface area contributed by atoms with Gasteiger partial charge >= 0.3 is 0 Å². The van der Waals surface area contributed by atoms with E-state index in [1.165, 1.54) is 0 Å². The Morgan fingerprint density at radius 2 is 1.27 bits per heavy atom. The van der Waals surface area contributed by atoms with E-state index >= 15 is 0 Å². The molecular formula is C26H17BN6. The molecule has 0 radical (unpaired) electrons. The third-order valence-electron chi connectivity index (χ3n) is 6.72. The molecule has 3 aromatic carbocycles. The molecule has 0 N–H and O–H groups in total. The van der Waals surface area contributed by atoms with E-state index in [-0.39, 0.29) is 18.1 Å². The lowest BCUT2D eigenvalue weighted by Crippen LogP contribution is -2.60. The summed E-state index contributed by atoms with van der Waals surface area (Å²) in [6.45, 7) is -5.22. The smallest absolute Gasteiger partial charge is 0.215 e. The predicted molar refractivity (Wildman–Crippen MR) is 131 cm³/mol. The first kappa shape index (κ1) is 12.7. The van der Waals surface area contributed by atoms with Crippen molar-refractivity contribution in [2.24, 2.45) is 0 Å². The lowest BCUT2D eigenvalue weighted by atomic mass is 9.35. The van der Waals surface area contributed by atoms with Crippen LogP contribution < -0.4 is 16.4 Å². The Morgan fingerprint density at radius 1 is 0.697 bits per heavy atom. The van der Waals surface area contributed by atoms with Crippen LogP contribution in [0, 0.1) is 13.7 Å². The molecule has 0 atom stereocenters. The molecule has 154 valence electrons. The van der Waals surface area contributed by atoms with Crippen molar-refractivity contribution < 1.29 is 8.22 Å². The van der Waals surface area contributed by atoms with Crippen LogP contribution >= 0.6 is 0 Å². The number of para-hydroxylation sites is 2. The standard InChI is InChI=1S/C26H17BN6/c1-14-17-10-6-12-19-22(17)32(30-14)25-21-26(29-24(28-25)16-8-4-3-5-9-16)33-23-18(15(2)31-33)11-7-13-20(23)27(19)21/h3-13H,1-2H3/i1D3,2D3. The van der Waals surface area contributed by atoms with E-state index in [0.717, 1.165) is 16.5 Å². The van der Waals surface area contributed by atoms with Gasteiger partial charge in [-0.05, 0) is 24.6 Å². The quantitative estimate of drug-likeness (QED) is 0.376. The Kier molecular flexibility index (Phi) is 2.21. The first-order valence-corrected chi connectivity index (χ1v) is 10.7. The van der Waals surface area contributed by atoms with Crippen molar-refractivity contribution in [3.8, 4) is 23.0 Å². The van der Waals surface area contributed by atoms with Crippen molar-refractivity contribution in [1.82, 2.24) is 29.5 Å². The minimum atomic E-state index is -2.43. The number of aromatic nitrogens is 6. The fraction of sp³-hybridized carbons (Fsp3) is 0.0769. The van der Waals surface area contributed by atoms with Crippen LogP contribution in [0.3, 0.4) is 0 Å². The number of nitrogens with zero attached hydrogens (tertiary/aromatic N) is 6. The van der Waals surface area contributed by atoms with Crippen molar-refractivity contribution >= 4 is 44.9 Å². The number of fused-ring (bicyclic) bond motifs is 4. The lowest BCUT2D eigenvalue weighted by molar-refractivity contribution is 0.824. The van der Waals surface area contributed by atoms with Gasteiger partial charge in [-0.15, -0.1) is 0 Å². The van der Waals surface area contributed by atoms with Gasteiger partial charge in [-0.2, -0.15) is 10.2 Å². The molecule has 2 aliphatic rings. The van der Waals surface area contributed by atoms with E-state index in [0.29, 0.717) is 44.7 Å². The van der Waals surface area contributed by atoms with Gasteiger partial charge in [0.05, 0.1) is 22.4 Å². The summed E-state index contributed by atoms with van der Waals surface area (Å²) in [4.78, 5) is 9.88. The van der Waals surface area contributed by atoms with Crippen LogP contribution in [0.1, 0.15) is 19.6 Å². The average Bonchev–Trinajstić information content (AvgIpc) is 3.50. The van der Waals surface area contributed by atoms with Crippen LogP contribution in [-0.4, -0.2) is 36.2 Å². The summed E-state index contributed by atoms with van der Waals surface area (Å²) in [5.41, 5.74) is 4.53. The van der Waals surface area contributed by atoms with Gasteiger partial charge in [0.1, 0.15) is 0 Å². The zero-order chi connectivity index (χ0) is 26.8. The van der Waals surface area contributed by atoms with Crippen LogP contribution in [0.15, 0.2) is 66.7 Å². The van der Waals surface area contributed by atoms with Crippen LogP contribution in [0.2, 0.25) is 0 Å². The molecule has 0 saturated heterocycles. The van der Waals surface area contributed by atoms with Gasteiger partial charge in [-0.25, -0.2) is 19.3 Å². The molecule has 0 bridgehead atoms. The molecule has 6 nitrogen and oxygen atoms in total. The highest BCUT2D eigenvalue weighted by Gasteiger charge is 2.42. The largest absolute Gasteiger partial charge is 0.256 e. The first-order valence-electron chi connectivity index (χ1n) is 13.7. The Bertz CT molecular complexity index is 1890. The van der Waals surface area contributed by atoms with Gasteiger partial charge in [-0.1, -0.05) is 66.7 Å². The molecule has 8 rings (SSSR count). The molecule has 2 aliphatic heterocycles. The highest BCUT2D eigenvalue weighted by atomic mass is 15.4. The van der Waals surface area contributed by atoms with Crippen LogP contribution in [0.5, 0.6) is 0 Å². The highest BCUT2D eigenvalue weighted by molar-refractivity contribution is 7.00. The summed E-state index contributed by atoms with van der Waals surface area (Å²) in [7, 11) is 0. The lowest BCUT2D eigenvalue weighted by Gasteiger charge is -2.30. The maximum atomic E-state index is 8.16. The molecular weight excluding hydrogens is 407 g/mol. The summed E-state index contributed by atoms with van der Waals surface area (Å²) in [6.07, 6.45) is 0. The van der Waals surface area contributed by atoms with Gasteiger partial charge in [0.25, 0.3) is 6.71 Å². The topological polar surface area (TPSA) is 61.4 Å². The SMILES string of the molecule is [2H]C([2H])([2H])c1nn2c3c(cccc13)B1c3c-2nc(-c2ccccc2)nc3-n2nc(C([2H])([2H])[2H])c3cccc1c32. The highest BCUT2D eigenvalue weighted by Crippen LogP contribution is 2.30. The normalized spacial score (nSPS) is 16.5. The molecule has 7 heteroatoms. The zero-order valence-electron chi connectivity index (χ0n) is 23.1. The Balaban J connectivity index is 1.58. The maximum absolute atomic E-state index is 8.16. The van der Waals surface area contributed by atoms with Crippen molar-refractivity contribution in [3.63, 3.8) is 0 Å². The number of aryl methyl sites for hydroxylation is 2. The number of hydrogen-bond acceptors (Lipinski definition) is 4. The van der Waals surface area contributed by atoms with Gasteiger partial charge in [-0.3, -0.25) is 0 Å². The predicted octanol–water partition coefficient (Wildman–Crippen LogP) is 2.58. The van der Waals surface area contributed by atoms with Gasteiger partial charge < -0.3 is 0 Å². The maximum Gasteiger partial charge on any atom is 0.256 e. The van der Waals surface area contributed by atoms with E-state index in [1.54, 1.807) is 21.5 Å². The monoisotopic (exact) mass is 430 g/mol. The first-order chi connectivity index (χ1) is 18.6. The molecule has 0 aliphatic carbocycles. The summed E-state index contributed by atoms with van der Waals surface area (Å²) < 4.78 is 52.2. The van der Waals surface area contributed by atoms with E-state index in [4.69, 9.17) is 18.2 Å². The Hall–Kier alpha value is -4.26. The second-order valence-electron chi connectivity index (χ2n) is 8.41. The molecule has 0 amide bonds. The minimum absolute atomic E-state index is 0.00672.